The first-order valence-corrected chi connectivity index (χ1v) is 11.3. The second-order valence-corrected chi connectivity index (χ2v) is 9.56. The molecule has 2 N–H and O–H groups in total. The van der Waals surface area contributed by atoms with Gasteiger partial charge in [-0.3, -0.25) is 9.35 Å². The van der Waals surface area contributed by atoms with E-state index in [2.05, 4.69) is 18.5 Å². The van der Waals surface area contributed by atoms with Crippen molar-refractivity contribution < 1.29 is 27.3 Å². The molecule has 0 heterocycles. The van der Waals surface area contributed by atoms with Crippen LogP contribution in [0.25, 0.3) is 0 Å². The van der Waals surface area contributed by atoms with E-state index < -0.39 is 10.1 Å². The van der Waals surface area contributed by atoms with E-state index in [1.54, 1.807) is 6.92 Å². The maximum absolute atomic E-state index is 11.2. The topological polar surface area (TPSA) is 116 Å². The summed E-state index contributed by atoms with van der Waals surface area (Å²) in [6.07, 6.45) is 2.35. The summed E-state index contributed by atoms with van der Waals surface area (Å²) >= 11 is 0. The summed E-state index contributed by atoms with van der Waals surface area (Å²) in [4.78, 5) is 25.9. The van der Waals surface area contributed by atoms with Crippen molar-refractivity contribution in [3.63, 3.8) is 0 Å². The highest BCUT2D eigenvalue weighted by molar-refractivity contribution is 7.85. The van der Waals surface area contributed by atoms with E-state index in [1.165, 1.54) is 6.08 Å². The summed E-state index contributed by atoms with van der Waals surface area (Å²) in [5.41, 5.74) is 0.103. The van der Waals surface area contributed by atoms with E-state index in [9.17, 15) is 18.0 Å². The molecule has 0 aromatic carbocycles. The SMILES string of the molecule is C=C(C)C(=O)OCCN(C)C.C=CC(=O)NC(C)(C)CCN(C)CCCS(=O)(=O)O. The Morgan fingerprint density at radius 1 is 1.17 bits per heavy atom. The number of hydrogen-bond donors (Lipinski definition) is 2. The van der Waals surface area contributed by atoms with Gasteiger partial charge in [-0.2, -0.15) is 8.42 Å². The second kappa shape index (κ2) is 15.1. The van der Waals surface area contributed by atoms with Crippen molar-refractivity contribution in [2.24, 2.45) is 0 Å². The lowest BCUT2D eigenvalue weighted by molar-refractivity contribution is -0.139. The van der Waals surface area contributed by atoms with Crippen LogP contribution in [0.5, 0.6) is 0 Å². The summed E-state index contributed by atoms with van der Waals surface area (Å²) in [7, 11) is 1.84. The Bertz CT molecular complexity index is 659. The van der Waals surface area contributed by atoms with Gasteiger partial charge >= 0.3 is 5.97 Å². The first-order valence-electron chi connectivity index (χ1n) is 9.65. The number of ether oxygens (including phenoxy) is 1. The van der Waals surface area contributed by atoms with Crippen LogP contribution in [0.2, 0.25) is 0 Å². The minimum atomic E-state index is -3.88. The number of carbonyl (C=O) groups is 2. The summed E-state index contributed by atoms with van der Waals surface area (Å²) in [5, 5.41) is 2.82. The quantitative estimate of drug-likeness (QED) is 0.246. The van der Waals surface area contributed by atoms with Crippen LogP contribution < -0.4 is 5.32 Å². The first-order chi connectivity index (χ1) is 13.6. The van der Waals surface area contributed by atoms with Crippen LogP contribution in [0.3, 0.4) is 0 Å². The fraction of sp³-hybridized carbons (Fsp3) is 0.700. The second-order valence-electron chi connectivity index (χ2n) is 7.99. The van der Waals surface area contributed by atoms with Crippen molar-refractivity contribution in [3.8, 4) is 0 Å². The minimum absolute atomic E-state index is 0.209. The van der Waals surface area contributed by atoms with E-state index in [0.29, 0.717) is 25.1 Å². The van der Waals surface area contributed by atoms with E-state index in [0.717, 1.165) is 19.5 Å². The number of amides is 1. The Morgan fingerprint density at radius 3 is 2.17 bits per heavy atom. The van der Waals surface area contributed by atoms with Crippen molar-refractivity contribution in [2.75, 3.05) is 53.1 Å². The van der Waals surface area contributed by atoms with Gasteiger partial charge in [0.05, 0.1) is 5.75 Å². The smallest absolute Gasteiger partial charge is 0.333 e. The fourth-order valence-electron chi connectivity index (χ4n) is 1.99. The van der Waals surface area contributed by atoms with Gasteiger partial charge in [0.2, 0.25) is 5.91 Å². The molecule has 0 saturated carbocycles. The molecule has 0 aliphatic carbocycles. The summed E-state index contributed by atoms with van der Waals surface area (Å²) in [5.74, 6) is -0.751. The largest absolute Gasteiger partial charge is 0.461 e. The number of likely N-dealkylation sites (N-methyl/N-ethyl adjacent to an activating group) is 1. The molecule has 0 bridgehead atoms. The Kier molecular flexibility index (Phi) is 15.3. The molecule has 0 aromatic heterocycles. The van der Waals surface area contributed by atoms with Crippen molar-refractivity contribution in [1.29, 1.82) is 0 Å². The normalized spacial score (nSPS) is 11.5. The van der Waals surface area contributed by atoms with Gasteiger partial charge in [0.25, 0.3) is 10.1 Å². The molecule has 0 aliphatic heterocycles. The van der Waals surface area contributed by atoms with Gasteiger partial charge in [-0.1, -0.05) is 13.2 Å². The molecule has 30 heavy (non-hydrogen) atoms. The van der Waals surface area contributed by atoms with E-state index >= 15 is 0 Å². The zero-order valence-corrected chi connectivity index (χ0v) is 20.0. The molecule has 0 aromatic rings. The highest BCUT2D eigenvalue weighted by Gasteiger charge is 2.19. The first kappa shape index (κ1) is 30.4. The standard InChI is InChI=1S/C12H24N2O4S.C8H15NO2/c1-5-11(15)13-12(2,3)7-9-14(4)8-6-10-19(16,17)18;1-7(2)8(10)11-6-5-9(3)4/h5H,1,6-10H2,2-4H3,(H,13,15)(H,16,17,18);1,5-6H2,2-4H3. The summed E-state index contributed by atoms with van der Waals surface area (Å²) in [6.45, 7) is 14.8. The number of rotatable bonds is 13. The van der Waals surface area contributed by atoms with Crippen LogP contribution in [0.4, 0.5) is 0 Å². The Balaban J connectivity index is 0. The lowest BCUT2D eigenvalue weighted by Crippen LogP contribution is -2.44. The molecule has 9 nitrogen and oxygen atoms in total. The molecule has 1 amide bonds. The van der Waals surface area contributed by atoms with Crippen LogP contribution in [-0.4, -0.2) is 93.3 Å². The number of carbonyl (C=O) groups excluding carboxylic acids is 2. The van der Waals surface area contributed by atoms with Crippen molar-refractivity contribution in [1.82, 2.24) is 15.1 Å². The third kappa shape index (κ3) is 21.0. The monoisotopic (exact) mass is 449 g/mol. The number of hydrogen-bond acceptors (Lipinski definition) is 7. The van der Waals surface area contributed by atoms with Gasteiger partial charge in [-0.25, -0.2) is 4.79 Å². The van der Waals surface area contributed by atoms with Gasteiger partial charge in [-0.15, -0.1) is 0 Å². The van der Waals surface area contributed by atoms with Crippen LogP contribution in [0.15, 0.2) is 24.8 Å². The van der Waals surface area contributed by atoms with Crippen LogP contribution in [0, 0.1) is 0 Å². The van der Waals surface area contributed by atoms with Gasteiger partial charge < -0.3 is 19.9 Å². The zero-order chi connectivity index (χ0) is 24.0. The third-order valence-electron chi connectivity index (χ3n) is 3.83. The molecule has 10 heteroatoms. The minimum Gasteiger partial charge on any atom is -0.461 e. The molecule has 176 valence electrons. The molecular weight excluding hydrogens is 410 g/mol. The lowest BCUT2D eigenvalue weighted by Gasteiger charge is -2.28. The number of nitrogens with one attached hydrogen (secondary N) is 1. The predicted molar refractivity (Wildman–Crippen MR) is 120 cm³/mol. The third-order valence-corrected chi connectivity index (χ3v) is 4.63. The molecule has 0 spiro atoms. The molecule has 0 atom stereocenters. The molecular formula is C20H39N3O6S. The molecule has 0 aliphatic rings. The highest BCUT2D eigenvalue weighted by atomic mass is 32.2. The van der Waals surface area contributed by atoms with Crippen LogP contribution in [-0.2, 0) is 24.4 Å². The molecule has 0 saturated heterocycles. The predicted octanol–water partition coefficient (Wildman–Crippen LogP) is 1.33. The Hall–Kier alpha value is -1.75. The molecule has 0 radical (unpaired) electrons. The maximum atomic E-state index is 11.2. The van der Waals surface area contributed by atoms with E-state index in [4.69, 9.17) is 9.29 Å². The Morgan fingerprint density at radius 2 is 1.73 bits per heavy atom. The average Bonchev–Trinajstić information content (AvgIpc) is 2.58. The maximum Gasteiger partial charge on any atom is 0.333 e. The van der Waals surface area contributed by atoms with Gasteiger partial charge in [0, 0.05) is 24.2 Å². The van der Waals surface area contributed by atoms with Crippen molar-refractivity contribution in [2.45, 2.75) is 39.2 Å². The van der Waals surface area contributed by atoms with Gasteiger partial charge in [0.15, 0.2) is 0 Å². The highest BCUT2D eigenvalue weighted by Crippen LogP contribution is 2.09. The van der Waals surface area contributed by atoms with E-state index in [-0.39, 0.29) is 23.2 Å². The fourth-order valence-corrected chi connectivity index (χ4v) is 2.48. The summed E-state index contributed by atoms with van der Waals surface area (Å²) < 4.78 is 34.6. The van der Waals surface area contributed by atoms with Crippen LogP contribution in [0.1, 0.15) is 33.6 Å². The van der Waals surface area contributed by atoms with E-state index in [1.807, 2.05) is 44.8 Å². The molecule has 0 fully saturated rings. The average molecular weight is 450 g/mol. The Labute approximate surface area is 181 Å². The van der Waals surface area contributed by atoms with Gasteiger partial charge in [-0.05, 0) is 67.4 Å². The molecule has 0 rings (SSSR count). The van der Waals surface area contributed by atoms with Crippen molar-refractivity contribution in [3.05, 3.63) is 24.8 Å². The zero-order valence-electron chi connectivity index (χ0n) is 19.2. The van der Waals surface area contributed by atoms with Crippen molar-refractivity contribution >= 4 is 22.0 Å². The van der Waals surface area contributed by atoms with Gasteiger partial charge in [0.1, 0.15) is 6.61 Å². The lowest BCUT2D eigenvalue weighted by atomic mass is 10.0. The summed E-state index contributed by atoms with van der Waals surface area (Å²) in [6, 6.07) is 0. The molecule has 0 unspecified atom stereocenters. The number of nitrogens with zero attached hydrogens (tertiary/aromatic N) is 2. The number of esters is 1. The van der Waals surface area contributed by atoms with Crippen LogP contribution >= 0.6 is 0 Å².